The third kappa shape index (κ3) is 3.19. The van der Waals surface area contributed by atoms with E-state index in [1.54, 1.807) is 7.11 Å². The number of ether oxygens (including phenoxy) is 2. The van der Waals surface area contributed by atoms with Gasteiger partial charge < -0.3 is 19.7 Å². The fraction of sp³-hybridized carbons (Fsp3) is 0.600. The fourth-order valence-electron chi connectivity index (χ4n) is 2.49. The van der Waals surface area contributed by atoms with E-state index in [0.29, 0.717) is 6.04 Å². The van der Waals surface area contributed by atoms with Crippen molar-refractivity contribution in [1.29, 1.82) is 0 Å². The van der Waals surface area contributed by atoms with Crippen LogP contribution in [0.2, 0.25) is 0 Å². The van der Waals surface area contributed by atoms with Gasteiger partial charge in [0.1, 0.15) is 6.10 Å². The summed E-state index contributed by atoms with van der Waals surface area (Å²) in [5.74, 6) is 0. The van der Waals surface area contributed by atoms with E-state index in [2.05, 4.69) is 34.5 Å². The molecule has 0 spiro atoms. The Morgan fingerprint density at radius 2 is 1.95 bits per heavy atom. The zero-order valence-electron chi connectivity index (χ0n) is 12.2. The quantitative estimate of drug-likeness (QED) is 0.855. The average molecular weight is 264 g/mol. The van der Waals surface area contributed by atoms with E-state index >= 15 is 0 Å². The van der Waals surface area contributed by atoms with E-state index in [4.69, 9.17) is 9.47 Å². The summed E-state index contributed by atoms with van der Waals surface area (Å²) in [7, 11) is 5.84. The van der Waals surface area contributed by atoms with E-state index in [1.165, 1.54) is 5.69 Å². The summed E-state index contributed by atoms with van der Waals surface area (Å²) < 4.78 is 11.1. The number of hydrogen-bond acceptors (Lipinski definition) is 4. The minimum atomic E-state index is 0.147. The highest BCUT2D eigenvalue weighted by Gasteiger charge is 2.42. The van der Waals surface area contributed by atoms with Gasteiger partial charge in [0, 0.05) is 39.2 Å². The minimum Gasteiger partial charge on any atom is -0.379 e. The zero-order chi connectivity index (χ0) is 13.8. The molecule has 3 atom stereocenters. The van der Waals surface area contributed by atoms with E-state index in [-0.39, 0.29) is 12.2 Å². The summed E-state index contributed by atoms with van der Waals surface area (Å²) in [6.07, 6.45) is 1.38. The van der Waals surface area contributed by atoms with Crippen LogP contribution in [0.15, 0.2) is 24.3 Å². The molecule has 3 unspecified atom stereocenters. The van der Waals surface area contributed by atoms with Crippen LogP contribution in [0.4, 0.5) is 11.4 Å². The lowest BCUT2D eigenvalue weighted by Crippen LogP contribution is -2.56. The number of rotatable bonds is 6. The molecule has 0 amide bonds. The molecular formula is C15H24N2O2. The van der Waals surface area contributed by atoms with Crippen LogP contribution in [-0.2, 0) is 9.47 Å². The molecule has 1 aliphatic rings. The molecule has 4 nitrogen and oxygen atoms in total. The molecule has 0 aromatic heterocycles. The zero-order valence-corrected chi connectivity index (χ0v) is 12.2. The Hall–Kier alpha value is -1.26. The first-order valence-electron chi connectivity index (χ1n) is 6.84. The van der Waals surface area contributed by atoms with Crippen molar-refractivity contribution in [2.75, 3.05) is 38.0 Å². The summed E-state index contributed by atoms with van der Waals surface area (Å²) in [6.45, 7) is 2.77. The predicted molar refractivity (Wildman–Crippen MR) is 79.0 cm³/mol. The van der Waals surface area contributed by atoms with Crippen molar-refractivity contribution in [2.24, 2.45) is 0 Å². The van der Waals surface area contributed by atoms with Crippen LogP contribution in [0, 0.1) is 0 Å². The minimum absolute atomic E-state index is 0.147. The van der Waals surface area contributed by atoms with Crippen LogP contribution >= 0.6 is 0 Å². The van der Waals surface area contributed by atoms with Crippen molar-refractivity contribution in [1.82, 2.24) is 0 Å². The lowest BCUT2D eigenvalue weighted by atomic mass is 9.85. The van der Waals surface area contributed by atoms with E-state index in [1.807, 2.05) is 21.0 Å². The van der Waals surface area contributed by atoms with Crippen molar-refractivity contribution in [2.45, 2.75) is 31.6 Å². The molecule has 0 heterocycles. The third-order valence-corrected chi connectivity index (χ3v) is 3.64. The number of anilines is 2. The number of methoxy groups -OCH3 is 1. The Balaban J connectivity index is 1.91. The van der Waals surface area contributed by atoms with Gasteiger partial charge in [-0.2, -0.15) is 0 Å². The van der Waals surface area contributed by atoms with Crippen molar-refractivity contribution in [3.05, 3.63) is 24.3 Å². The summed E-state index contributed by atoms with van der Waals surface area (Å²) in [4.78, 5) is 2.09. The van der Waals surface area contributed by atoms with Gasteiger partial charge in [-0.3, -0.25) is 0 Å². The maximum atomic E-state index is 5.63. The van der Waals surface area contributed by atoms with Crippen molar-refractivity contribution < 1.29 is 9.47 Å². The highest BCUT2D eigenvalue weighted by atomic mass is 16.5. The molecule has 2 rings (SSSR count). The summed E-state index contributed by atoms with van der Waals surface area (Å²) in [5.41, 5.74) is 2.34. The highest BCUT2D eigenvalue weighted by molar-refractivity contribution is 5.55. The number of hydrogen-bond donors (Lipinski definition) is 1. The van der Waals surface area contributed by atoms with Gasteiger partial charge in [-0.25, -0.2) is 0 Å². The normalized spacial score (nSPS) is 25.8. The number of benzene rings is 1. The fourth-order valence-corrected chi connectivity index (χ4v) is 2.49. The van der Waals surface area contributed by atoms with Gasteiger partial charge >= 0.3 is 0 Å². The molecule has 0 aliphatic heterocycles. The van der Waals surface area contributed by atoms with Crippen molar-refractivity contribution in [3.63, 3.8) is 0 Å². The smallest absolute Gasteiger partial charge is 0.103 e. The Morgan fingerprint density at radius 3 is 2.47 bits per heavy atom. The number of nitrogens with one attached hydrogen (secondary N) is 1. The molecule has 1 saturated carbocycles. The van der Waals surface area contributed by atoms with Crippen LogP contribution in [-0.4, -0.2) is 46.1 Å². The van der Waals surface area contributed by atoms with E-state index in [9.17, 15) is 0 Å². The second-order valence-corrected chi connectivity index (χ2v) is 5.12. The molecule has 1 N–H and O–H groups in total. The standard InChI is InChI=1S/C15H24N2O2/c1-5-19-14-10-13(15(14)18-4)16-11-6-8-12(9-7-11)17(2)3/h6-9,13-16H,5,10H2,1-4H3. The molecule has 0 bridgehead atoms. The largest absolute Gasteiger partial charge is 0.379 e. The molecule has 1 aromatic rings. The van der Waals surface area contributed by atoms with Crippen molar-refractivity contribution >= 4 is 11.4 Å². The van der Waals surface area contributed by atoms with Gasteiger partial charge in [-0.1, -0.05) is 0 Å². The van der Waals surface area contributed by atoms with Crippen LogP contribution < -0.4 is 10.2 Å². The second-order valence-electron chi connectivity index (χ2n) is 5.12. The topological polar surface area (TPSA) is 33.7 Å². The molecule has 1 fully saturated rings. The number of nitrogens with zero attached hydrogens (tertiary/aromatic N) is 1. The SMILES string of the molecule is CCOC1CC(Nc2ccc(N(C)C)cc2)C1OC. The first-order chi connectivity index (χ1) is 9.15. The Kier molecular flexibility index (Phi) is 4.66. The van der Waals surface area contributed by atoms with E-state index < -0.39 is 0 Å². The molecule has 0 saturated heterocycles. The van der Waals surface area contributed by atoms with Gasteiger partial charge in [-0.05, 0) is 37.6 Å². The Bertz CT molecular complexity index is 392. The summed E-state index contributed by atoms with van der Waals surface area (Å²) in [6, 6.07) is 8.78. The molecular weight excluding hydrogens is 240 g/mol. The highest BCUT2D eigenvalue weighted by Crippen LogP contribution is 2.30. The maximum absolute atomic E-state index is 5.63. The average Bonchev–Trinajstić information content (AvgIpc) is 2.38. The van der Waals surface area contributed by atoms with Gasteiger partial charge in [-0.15, -0.1) is 0 Å². The van der Waals surface area contributed by atoms with Gasteiger partial charge in [0.2, 0.25) is 0 Å². The van der Waals surface area contributed by atoms with Crippen LogP contribution in [0.3, 0.4) is 0 Å². The van der Waals surface area contributed by atoms with E-state index in [0.717, 1.165) is 18.7 Å². The monoisotopic (exact) mass is 264 g/mol. The lowest BCUT2D eigenvalue weighted by molar-refractivity contribution is -0.118. The Labute approximate surface area is 115 Å². The molecule has 106 valence electrons. The van der Waals surface area contributed by atoms with Crippen LogP contribution in [0.5, 0.6) is 0 Å². The third-order valence-electron chi connectivity index (χ3n) is 3.64. The van der Waals surface area contributed by atoms with Crippen LogP contribution in [0.1, 0.15) is 13.3 Å². The lowest BCUT2D eigenvalue weighted by Gasteiger charge is -2.43. The molecule has 0 radical (unpaired) electrons. The van der Waals surface area contributed by atoms with Gasteiger partial charge in [0.25, 0.3) is 0 Å². The first kappa shape index (κ1) is 14.2. The molecule has 1 aliphatic carbocycles. The predicted octanol–water partition coefficient (Wildman–Crippen LogP) is 2.36. The molecule has 1 aromatic carbocycles. The summed E-state index contributed by atoms with van der Waals surface area (Å²) in [5, 5.41) is 3.51. The second kappa shape index (κ2) is 6.26. The van der Waals surface area contributed by atoms with Gasteiger partial charge in [0.05, 0.1) is 12.1 Å². The summed E-state index contributed by atoms with van der Waals surface area (Å²) >= 11 is 0. The van der Waals surface area contributed by atoms with Crippen LogP contribution in [0.25, 0.3) is 0 Å². The molecule has 4 heteroatoms. The first-order valence-corrected chi connectivity index (χ1v) is 6.84. The van der Waals surface area contributed by atoms with Gasteiger partial charge in [0.15, 0.2) is 0 Å². The molecule has 19 heavy (non-hydrogen) atoms. The van der Waals surface area contributed by atoms with Crippen molar-refractivity contribution in [3.8, 4) is 0 Å². The maximum Gasteiger partial charge on any atom is 0.103 e. The Morgan fingerprint density at radius 1 is 1.26 bits per heavy atom.